The molecule has 0 spiro atoms. The van der Waals surface area contributed by atoms with Crippen LogP contribution in [0.3, 0.4) is 0 Å². The topological polar surface area (TPSA) is 49.6 Å². The summed E-state index contributed by atoms with van der Waals surface area (Å²) in [4.78, 5) is 16.8. The van der Waals surface area contributed by atoms with Crippen LogP contribution in [0, 0.1) is 5.92 Å². The third-order valence-electron chi connectivity index (χ3n) is 5.00. The Morgan fingerprint density at radius 3 is 2.70 bits per heavy atom. The average Bonchev–Trinajstić information content (AvgIpc) is 3.39. The van der Waals surface area contributed by atoms with Gasteiger partial charge in [-0.2, -0.15) is 0 Å². The molecule has 1 aromatic carbocycles. The minimum atomic E-state index is -0.377. The van der Waals surface area contributed by atoms with Crippen LogP contribution >= 0.6 is 0 Å². The van der Waals surface area contributed by atoms with Crippen molar-refractivity contribution in [3.05, 3.63) is 35.9 Å². The largest absolute Gasteiger partial charge is 0.341 e. The molecular formula is C19H29N3O. The number of hydrogen-bond acceptors (Lipinski definition) is 3. The minimum absolute atomic E-state index is 0.107. The Hall–Kier alpha value is -1.39. The van der Waals surface area contributed by atoms with Crippen LogP contribution in [0.2, 0.25) is 0 Å². The van der Waals surface area contributed by atoms with Crippen LogP contribution in [0.15, 0.2) is 30.3 Å². The van der Waals surface area contributed by atoms with Gasteiger partial charge in [0.05, 0.1) is 6.04 Å². The molecule has 0 radical (unpaired) electrons. The summed E-state index contributed by atoms with van der Waals surface area (Å²) in [7, 11) is 0. The van der Waals surface area contributed by atoms with Gasteiger partial charge in [0.25, 0.3) is 0 Å². The van der Waals surface area contributed by atoms with E-state index < -0.39 is 0 Å². The van der Waals surface area contributed by atoms with Gasteiger partial charge in [0.2, 0.25) is 5.91 Å². The first-order valence-corrected chi connectivity index (χ1v) is 8.96. The molecule has 2 N–H and O–H groups in total. The smallest absolute Gasteiger partial charge is 0.239 e. The van der Waals surface area contributed by atoms with E-state index in [1.165, 1.54) is 24.8 Å². The van der Waals surface area contributed by atoms with E-state index in [2.05, 4.69) is 35.2 Å². The highest BCUT2D eigenvalue weighted by atomic mass is 16.2. The van der Waals surface area contributed by atoms with Crippen LogP contribution in [-0.2, 0) is 11.3 Å². The van der Waals surface area contributed by atoms with E-state index in [1.54, 1.807) is 6.92 Å². The molecule has 1 unspecified atom stereocenters. The number of rotatable bonds is 6. The van der Waals surface area contributed by atoms with Gasteiger partial charge in [-0.05, 0) is 44.1 Å². The number of piperidine rings is 1. The standard InChI is InChI=1S/C19H29N3O/c1-15(20)19(23)21-11-5-8-17(13-21)14-22(18-9-10-18)12-16-6-3-2-4-7-16/h2-4,6-7,15,17-18H,5,8-14,20H2,1H3/t15-,17?/m0/s1. The molecule has 0 aromatic heterocycles. The van der Waals surface area contributed by atoms with Crippen molar-refractivity contribution >= 4 is 5.91 Å². The maximum absolute atomic E-state index is 12.2. The number of benzene rings is 1. The summed E-state index contributed by atoms with van der Waals surface area (Å²) in [5.74, 6) is 0.687. The fraction of sp³-hybridized carbons (Fsp3) is 0.632. The van der Waals surface area contributed by atoms with Crippen LogP contribution in [0.1, 0.15) is 38.2 Å². The Labute approximate surface area is 139 Å². The summed E-state index contributed by atoms with van der Waals surface area (Å²) < 4.78 is 0. The number of nitrogens with two attached hydrogens (primary N) is 1. The highest BCUT2D eigenvalue weighted by Gasteiger charge is 2.32. The Balaban J connectivity index is 1.58. The first-order valence-electron chi connectivity index (χ1n) is 8.96. The molecule has 2 atom stereocenters. The van der Waals surface area contributed by atoms with Crippen molar-refractivity contribution in [1.82, 2.24) is 9.80 Å². The molecule has 1 aromatic rings. The van der Waals surface area contributed by atoms with Crippen LogP contribution in [0.4, 0.5) is 0 Å². The summed E-state index contributed by atoms with van der Waals surface area (Å²) in [5, 5.41) is 0. The molecule has 1 heterocycles. The van der Waals surface area contributed by atoms with Crippen molar-refractivity contribution in [2.24, 2.45) is 11.7 Å². The fourth-order valence-electron chi connectivity index (χ4n) is 3.63. The van der Waals surface area contributed by atoms with Crippen LogP contribution in [-0.4, -0.2) is 47.4 Å². The zero-order valence-electron chi connectivity index (χ0n) is 14.2. The Morgan fingerprint density at radius 2 is 2.04 bits per heavy atom. The van der Waals surface area contributed by atoms with E-state index in [9.17, 15) is 4.79 Å². The molecule has 0 bridgehead atoms. The first-order chi connectivity index (χ1) is 11.1. The van der Waals surface area contributed by atoms with Gasteiger partial charge in [-0.15, -0.1) is 0 Å². The lowest BCUT2D eigenvalue weighted by Gasteiger charge is -2.36. The Bertz CT molecular complexity index is 513. The lowest BCUT2D eigenvalue weighted by atomic mass is 9.96. The third-order valence-corrected chi connectivity index (χ3v) is 5.00. The highest BCUT2D eigenvalue weighted by molar-refractivity contribution is 5.81. The van der Waals surface area contributed by atoms with Crippen LogP contribution < -0.4 is 5.73 Å². The highest BCUT2D eigenvalue weighted by Crippen LogP contribution is 2.30. The monoisotopic (exact) mass is 315 g/mol. The van der Waals surface area contributed by atoms with E-state index in [0.29, 0.717) is 5.92 Å². The SMILES string of the molecule is C[C@H](N)C(=O)N1CCCC(CN(Cc2ccccc2)C2CC2)C1. The number of carbonyl (C=O) groups is 1. The van der Waals surface area contributed by atoms with E-state index in [4.69, 9.17) is 5.73 Å². The summed E-state index contributed by atoms with van der Waals surface area (Å²) in [6.07, 6.45) is 4.97. The van der Waals surface area contributed by atoms with Gasteiger partial charge in [0.1, 0.15) is 0 Å². The maximum atomic E-state index is 12.2. The zero-order chi connectivity index (χ0) is 16.2. The number of hydrogen-bond donors (Lipinski definition) is 1. The summed E-state index contributed by atoms with van der Waals surface area (Å²) in [5.41, 5.74) is 7.16. The van der Waals surface area contributed by atoms with Crippen LogP contribution in [0.5, 0.6) is 0 Å². The lowest BCUT2D eigenvalue weighted by Crippen LogP contribution is -2.48. The van der Waals surface area contributed by atoms with Gasteiger partial charge in [0, 0.05) is 32.2 Å². The quantitative estimate of drug-likeness (QED) is 0.876. The predicted molar refractivity (Wildman–Crippen MR) is 92.8 cm³/mol. The van der Waals surface area contributed by atoms with Gasteiger partial charge in [-0.3, -0.25) is 9.69 Å². The molecule has 2 aliphatic rings. The number of likely N-dealkylation sites (tertiary alicyclic amines) is 1. The molecule has 2 fully saturated rings. The van der Waals surface area contributed by atoms with Crippen LogP contribution in [0.25, 0.3) is 0 Å². The van der Waals surface area contributed by atoms with E-state index in [1.807, 2.05) is 4.90 Å². The molecule has 3 rings (SSSR count). The molecule has 4 heteroatoms. The predicted octanol–water partition coefficient (Wildman–Crippen LogP) is 2.24. The number of nitrogens with zero attached hydrogens (tertiary/aromatic N) is 2. The Morgan fingerprint density at radius 1 is 1.30 bits per heavy atom. The van der Waals surface area contributed by atoms with Crippen molar-refractivity contribution in [3.8, 4) is 0 Å². The molecule has 1 aliphatic heterocycles. The molecule has 1 saturated carbocycles. The normalized spacial score (nSPS) is 23.1. The molecule has 4 nitrogen and oxygen atoms in total. The number of carbonyl (C=O) groups excluding carboxylic acids is 1. The first kappa shape index (κ1) is 16.5. The fourth-order valence-corrected chi connectivity index (χ4v) is 3.63. The second kappa shape index (κ2) is 7.45. The van der Waals surface area contributed by atoms with E-state index in [-0.39, 0.29) is 11.9 Å². The van der Waals surface area contributed by atoms with Gasteiger partial charge in [-0.1, -0.05) is 30.3 Å². The van der Waals surface area contributed by atoms with Gasteiger partial charge in [0.15, 0.2) is 0 Å². The van der Waals surface area contributed by atoms with Gasteiger partial charge in [-0.25, -0.2) is 0 Å². The molecular weight excluding hydrogens is 286 g/mol. The van der Waals surface area contributed by atoms with Crippen molar-refractivity contribution < 1.29 is 4.79 Å². The molecule has 23 heavy (non-hydrogen) atoms. The summed E-state index contributed by atoms with van der Waals surface area (Å²) >= 11 is 0. The molecule has 1 amide bonds. The maximum Gasteiger partial charge on any atom is 0.239 e. The molecule has 1 aliphatic carbocycles. The third kappa shape index (κ3) is 4.55. The van der Waals surface area contributed by atoms with Crippen molar-refractivity contribution in [1.29, 1.82) is 0 Å². The Kier molecular flexibility index (Phi) is 5.34. The minimum Gasteiger partial charge on any atom is -0.341 e. The lowest BCUT2D eigenvalue weighted by molar-refractivity contribution is -0.134. The van der Waals surface area contributed by atoms with Gasteiger partial charge < -0.3 is 10.6 Å². The van der Waals surface area contributed by atoms with E-state index >= 15 is 0 Å². The zero-order valence-corrected chi connectivity index (χ0v) is 14.2. The van der Waals surface area contributed by atoms with Crippen molar-refractivity contribution in [3.63, 3.8) is 0 Å². The van der Waals surface area contributed by atoms with Crippen molar-refractivity contribution in [2.45, 2.75) is 51.2 Å². The second-order valence-corrected chi connectivity index (χ2v) is 7.23. The van der Waals surface area contributed by atoms with Crippen molar-refractivity contribution in [2.75, 3.05) is 19.6 Å². The second-order valence-electron chi connectivity index (χ2n) is 7.23. The van der Waals surface area contributed by atoms with E-state index in [0.717, 1.165) is 38.6 Å². The number of amides is 1. The summed E-state index contributed by atoms with van der Waals surface area (Å²) in [6, 6.07) is 11.1. The van der Waals surface area contributed by atoms with Gasteiger partial charge >= 0.3 is 0 Å². The summed E-state index contributed by atoms with van der Waals surface area (Å²) in [6.45, 7) is 5.67. The average molecular weight is 315 g/mol. The molecule has 126 valence electrons. The molecule has 1 saturated heterocycles.